The first kappa shape index (κ1) is 19.7. The van der Waals surface area contributed by atoms with Crippen LogP contribution in [0.15, 0.2) is 54.6 Å². The molecular formula is C23H26N2O3. The van der Waals surface area contributed by atoms with E-state index in [-0.39, 0.29) is 12.0 Å². The molecule has 1 heterocycles. The molecule has 5 heteroatoms. The Kier molecular flexibility index (Phi) is 5.83. The Hall–Kier alpha value is -3.08. The lowest BCUT2D eigenvalue weighted by Crippen LogP contribution is -2.39. The van der Waals surface area contributed by atoms with E-state index in [1.807, 2.05) is 63.2 Å². The largest absolute Gasteiger partial charge is 0.444 e. The van der Waals surface area contributed by atoms with Gasteiger partial charge in [-0.1, -0.05) is 30.3 Å². The second-order valence-corrected chi connectivity index (χ2v) is 7.87. The van der Waals surface area contributed by atoms with Gasteiger partial charge in [-0.3, -0.25) is 4.79 Å². The van der Waals surface area contributed by atoms with E-state index >= 15 is 0 Å². The fourth-order valence-electron chi connectivity index (χ4n) is 3.04. The minimum absolute atomic E-state index is 0.181. The SMILES string of the molecule is CC(C)(C)OC(=O)N1CCc2ccc(C=CC(=O)Nc3ccccc3)cc2C1. The number of hydrogen-bond acceptors (Lipinski definition) is 3. The van der Waals surface area contributed by atoms with E-state index in [4.69, 9.17) is 4.74 Å². The lowest BCUT2D eigenvalue weighted by Gasteiger charge is -2.31. The van der Waals surface area contributed by atoms with Crippen molar-refractivity contribution in [1.29, 1.82) is 0 Å². The van der Waals surface area contributed by atoms with Crippen molar-refractivity contribution >= 4 is 23.8 Å². The molecule has 0 saturated heterocycles. The van der Waals surface area contributed by atoms with Crippen LogP contribution in [0.1, 0.15) is 37.5 Å². The molecule has 0 saturated carbocycles. The summed E-state index contributed by atoms with van der Waals surface area (Å²) in [6, 6.07) is 15.4. The zero-order valence-corrected chi connectivity index (χ0v) is 16.6. The highest BCUT2D eigenvalue weighted by Gasteiger charge is 2.25. The van der Waals surface area contributed by atoms with Gasteiger partial charge in [-0.15, -0.1) is 0 Å². The van der Waals surface area contributed by atoms with Crippen molar-refractivity contribution in [1.82, 2.24) is 4.90 Å². The van der Waals surface area contributed by atoms with Gasteiger partial charge in [0.1, 0.15) is 5.60 Å². The van der Waals surface area contributed by atoms with Crippen LogP contribution in [0.25, 0.3) is 6.08 Å². The highest BCUT2D eigenvalue weighted by Crippen LogP contribution is 2.23. The molecule has 0 unspecified atom stereocenters. The molecule has 0 radical (unpaired) electrons. The van der Waals surface area contributed by atoms with E-state index in [2.05, 4.69) is 11.4 Å². The van der Waals surface area contributed by atoms with Gasteiger partial charge in [-0.2, -0.15) is 0 Å². The van der Waals surface area contributed by atoms with Crippen molar-refractivity contribution in [3.8, 4) is 0 Å². The zero-order valence-electron chi connectivity index (χ0n) is 16.6. The summed E-state index contributed by atoms with van der Waals surface area (Å²) in [7, 11) is 0. The van der Waals surface area contributed by atoms with Crippen molar-refractivity contribution in [2.75, 3.05) is 11.9 Å². The standard InChI is InChI=1S/C23H26N2O3/c1-23(2,3)28-22(27)25-14-13-18-11-9-17(15-19(18)16-25)10-12-21(26)24-20-7-5-4-6-8-20/h4-12,15H,13-14,16H2,1-3H3,(H,24,26). The van der Waals surface area contributed by atoms with Crippen LogP contribution in [-0.2, 0) is 22.5 Å². The van der Waals surface area contributed by atoms with E-state index in [0.717, 1.165) is 23.2 Å². The zero-order chi connectivity index (χ0) is 20.1. The van der Waals surface area contributed by atoms with Gasteiger partial charge in [0.05, 0.1) is 0 Å². The molecule has 0 fully saturated rings. The first-order chi connectivity index (χ1) is 13.3. The molecule has 1 N–H and O–H groups in total. The van der Waals surface area contributed by atoms with E-state index in [1.165, 1.54) is 11.6 Å². The fourth-order valence-corrected chi connectivity index (χ4v) is 3.04. The van der Waals surface area contributed by atoms with Crippen LogP contribution in [0.4, 0.5) is 10.5 Å². The quantitative estimate of drug-likeness (QED) is 0.792. The number of hydrogen-bond donors (Lipinski definition) is 1. The minimum Gasteiger partial charge on any atom is -0.444 e. The second kappa shape index (κ2) is 8.30. The molecule has 146 valence electrons. The van der Waals surface area contributed by atoms with Crippen molar-refractivity contribution in [3.05, 3.63) is 71.3 Å². The monoisotopic (exact) mass is 378 g/mol. The molecule has 0 aliphatic carbocycles. The summed E-state index contributed by atoms with van der Waals surface area (Å²) < 4.78 is 5.48. The predicted octanol–water partition coefficient (Wildman–Crippen LogP) is 4.63. The fraction of sp³-hybridized carbons (Fsp3) is 0.304. The van der Waals surface area contributed by atoms with Crippen LogP contribution in [0, 0.1) is 0 Å². The molecule has 1 aliphatic heterocycles. The van der Waals surface area contributed by atoms with Crippen LogP contribution >= 0.6 is 0 Å². The number of anilines is 1. The Morgan fingerprint density at radius 3 is 2.54 bits per heavy atom. The van der Waals surface area contributed by atoms with Crippen LogP contribution in [-0.4, -0.2) is 29.0 Å². The van der Waals surface area contributed by atoms with E-state index in [9.17, 15) is 9.59 Å². The minimum atomic E-state index is -0.506. The number of nitrogens with one attached hydrogen (secondary N) is 1. The highest BCUT2D eigenvalue weighted by molar-refractivity contribution is 6.01. The normalized spacial score (nSPS) is 13.9. The summed E-state index contributed by atoms with van der Waals surface area (Å²) in [4.78, 5) is 26.1. The Labute approximate surface area is 166 Å². The number of carbonyl (C=O) groups excluding carboxylic acids is 2. The highest BCUT2D eigenvalue weighted by atomic mass is 16.6. The third-order valence-corrected chi connectivity index (χ3v) is 4.36. The number of para-hydroxylation sites is 1. The van der Waals surface area contributed by atoms with Crippen LogP contribution in [0.5, 0.6) is 0 Å². The van der Waals surface area contributed by atoms with Crippen molar-refractivity contribution in [2.24, 2.45) is 0 Å². The maximum atomic E-state index is 12.3. The molecule has 0 spiro atoms. The average Bonchev–Trinajstić information content (AvgIpc) is 2.65. The molecule has 28 heavy (non-hydrogen) atoms. The number of nitrogens with zero attached hydrogens (tertiary/aromatic N) is 1. The van der Waals surface area contributed by atoms with E-state index < -0.39 is 5.60 Å². The van der Waals surface area contributed by atoms with Crippen molar-refractivity contribution in [2.45, 2.75) is 39.3 Å². The van der Waals surface area contributed by atoms with Gasteiger partial charge in [0.25, 0.3) is 0 Å². The van der Waals surface area contributed by atoms with Gasteiger partial charge in [0.15, 0.2) is 0 Å². The van der Waals surface area contributed by atoms with Crippen LogP contribution in [0.3, 0.4) is 0 Å². The van der Waals surface area contributed by atoms with E-state index in [1.54, 1.807) is 11.0 Å². The summed E-state index contributed by atoms with van der Waals surface area (Å²) in [6.07, 6.45) is 3.81. The summed E-state index contributed by atoms with van der Waals surface area (Å²) in [5.74, 6) is -0.181. The Bertz CT molecular complexity index is 882. The summed E-state index contributed by atoms with van der Waals surface area (Å²) >= 11 is 0. The van der Waals surface area contributed by atoms with Gasteiger partial charge >= 0.3 is 6.09 Å². The van der Waals surface area contributed by atoms with Crippen LogP contribution in [0.2, 0.25) is 0 Å². The molecule has 0 atom stereocenters. The Balaban J connectivity index is 1.65. The lowest BCUT2D eigenvalue weighted by atomic mass is 9.97. The van der Waals surface area contributed by atoms with E-state index in [0.29, 0.717) is 13.1 Å². The average molecular weight is 378 g/mol. The maximum absolute atomic E-state index is 12.3. The van der Waals surface area contributed by atoms with Gasteiger partial charge in [0, 0.05) is 24.9 Å². The van der Waals surface area contributed by atoms with Gasteiger partial charge in [0.2, 0.25) is 5.91 Å². The summed E-state index contributed by atoms with van der Waals surface area (Å²) in [5.41, 5.74) is 3.49. The molecule has 3 rings (SSSR count). The first-order valence-corrected chi connectivity index (χ1v) is 9.44. The van der Waals surface area contributed by atoms with Gasteiger partial charge < -0.3 is 15.0 Å². The molecule has 2 amide bonds. The smallest absolute Gasteiger partial charge is 0.410 e. The predicted molar refractivity (Wildman–Crippen MR) is 111 cm³/mol. The van der Waals surface area contributed by atoms with Crippen molar-refractivity contribution < 1.29 is 14.3 Å². The Morgan fingerprint density at radius 1 is 1.07 bits per heavy atom. The number of benzene rings is 2. The Morgan fingerprint density at radius 2 is 1.82 bits per heavy atom. The topological polar surface area (TPSA) is 58.6 Å². The number of ether oxygens (including phenoxy) is 1. The third-order valence-electron chi connectivity index (χ3n) is 4.36. The lowest BCUT2D eigenvalue weighted by molar-refractivity contribution is -0.111. The molecule has 2 aromatic rings. The number of amides is 2. The van der Waals surface area contributed by atoms with Gasteiger partial charge in [-0.25, -0.2) is 4.79 Å². The molecule has 2 aromatic carbocycles. The number of rotatable bonds is 3. The molecule has 5 nitrogen and oxygen atoms in total. The first-order valence-electron chi connectivity index (χ1n) is 9.44. The maximum Gasteiger partial charge on any atom is 0.410 e. The van der Waals surface area contributed by atoms with Crippen molar-refractivity contribution in [3.63, 3.8) is 0 Å². The molecular weight excluding hydrogens is 352 g/mol. The summed E-state index contributed by atoms with van der Waals surface area (Å²) in [6.45, 7) is 6.77. The molecule has 1 aliphatic rings. The number of fused-ring (bicyclic) bond motifs is 1. The van der Waals surface area contributed by atoms with Gasteiger partial charge in [-0.05, 0) is 68.2 Å². The molecule has 0 aromatic heterocycles. The summed E-state index contributed by atoms with van der Waals surface area (Å²) in [5, 5.41) is 2.82. The second-order valence-electron chi connectivity index (χ2n) is 7.87. The van der Waals surface area contributed by atoms with Crippen LogP contribution < -0.4 is 5.32 Å². The third kappa shape index (κ3) is 5.46. The number of carbonyl (C=O) groups is 2. The molecule has 0 bridgehead atoms.